The number of likely N-dealkylation sites (tertiary alicyclic amines) is 1. The van der Waals surface area contributed by atoms with E-state index in [1.807, 2.05) is 17.0 Å². The van der Waals surface area contributed by atoms with Gasteiger partial charge in [0, 0.05) is 61.2 Å². The number of amides is 3. The molecule has 2 N–H and O–H groups in total. The van der Waals surface area contributed by atoms with E-state index in [-0.39, 0.29) is 17.4 Å². The molecule has 3 fully saturated rings. The normalized spacial score (nSPS) is 24.6. The lowest BCUT2D eigenvalue weighted by molar-refractivity contribution is -0.133. The lowest BCUT2D eigenvalue weighted by atomic mass is 9.60. The number of nitrogens with one attached hydrogen (secondary N) is 2. The Morgan fingerprint density at radius 1 is 1.10 bits per heavy atom. The fourth-order valence-electron chi connectivity index (χ4n) is 5.53. The van der Waals surface area contributed by atoms with Crippen molar-refractivity contribution in [1.82, 2.24) is 20.2 Å². The molecule has 8 nitrogen and oxygen atoms in total. The average molecular weight is 441 g/mol. The van der Waals surface area contributed by atoms with Gasteiger partial charge in [0.15, 0.2) is 0 Å². The van der Waals surface area contributed by atoms with Crippen LogP contribution in [0.2, 0.25) is 5.02 Å². The molecule has 4 heterocycles. The molecule has 0 aliphatic carbocycles. The van der Waals surface area contributed by atoms with Crippen LogP contribution in [0, 0.1) is 10.8 Å². The molecule has 0 saturated carbocycles. The smallest absolute Gasteiger partial charge is 0.321 e. The number of piperidine rings is 1. The van der Waals surface area contributed by atoms with Crippen LogP contribution in [0.25, 0.3) is 0 Å². The lowest BCUT2D eigenvalue weighted by Crippen LogP contribution is -2.53. The molecule has 1 unspecified atom stereocenters. The second-order valence-corrected chi connectivity index (χ2v) is 9.14. The van der Waals surface area contributed by atoms with Crippen LogP contribution in [0.5, 0.6) is 0 Å². The molecular weight excluding hydrogens is 416 g/mol. The van der Waals surface area contributed by atoms with Crippen molar-refractivity contribution in [2.45, 2.75) is 19.3 Å². The molecule has 1 aromatic heterocycles. The highest BCUT2D eigenvalue weighted by Crippen LogP contribution is 2.56. The van der Waals surface area contributed by atoms with E-state index in [0.717, 1.165) is 25.8 Å². The van der Waals surface area contributed by atoms with Crippen LogP contribution >= 0.6 is 11.6 Å². The summed E-state index contributed by atoms with van der Waals surface area (Å²) in [6, 6.07) is 8.80. The van der Waals surface area contributed by atoms with Crippen LogP contribution in [0.4, 0.5) is 16.4 Å². The van der Waals surface area contributed by atoms with Crippen molar-refractivity contribution in [3.63, 3.8) is 0 Å². The first-order valence-corrected chi connectivity index (χ1v) is 11.0. The first-order valence-electron chi connectivity index (χ1n) is 10.6. The number of carbonyl (C=O) groups is 2. The van der Waals surface area contributed by atoms with Crippen molar-refractivity contribution >= 4 is 35.2 Å². The zero-order valence-electron chi connectivity index (χ0n) is 17.2. The highest BCUT2D eigenvalue weighted by Gasteiger charge is 2.64. The Morgan fingerprint density at radius 2 is 1.87 bits per heavy atom. The van der Waals surface area contributed by atoms with E-state index in [0.29, 0.717) is 42.8 Å². The Kier molecular flexibility index (Phi) is 4.97. The Bertz CT molecular complexity index is 995. The number of nitrogens with zero attached hydrogens (tertiary/aromatic N) is 4. The summed E-state index contributed by atoms with van der Waals surface area (Å²) < 4.78 is 0. The molecule has 1 aromatic carbocycles. The Labute approximate surface area is 186 Å². The molecule has 1 atom stereocenters. The van der Waals surface area contributed by atoms with Gasteiger partial charge in [0.25, 0.3) is 0 Å². The van der Waals surface area contributed by atoms with E-state index in [9.17, 15) is 9.59 Å². The number of rotatable bonds is 2. The first-order chi connectivity index (χ1) is 15.0. The van der Waals surface area contributed by atoms with Crippen LogP contribution < -0.4 is 15.5 Å². The fourth-order valence-corrected chi connectivity index (χ4v) is 5.72. The molecule has 3 saturated heterocycles. The molecule has 5 rings (SSSR count). The molecule has 2 aromatic rings. The van der Waals surface area contributed by atoms with Crippen LogP contribution in [0.1, 0.15) is 19.3 Å². The number of carbonyl (C=O) groups excluding carboxylic acids is 2. The van der Waals surface area contributed by atoms with Gasteiger partial charge in [0.2, 0.25) is 11.9 Å². The minimum absolute atomic E-state index is 0.128. The predicted molar refractivity (Wildman–Crippen MR) is 118 cm³/mol. The number of fused-ring (bicyclic) bond motifs is 1. The third-order valence-electron chi connectivity index (χ3n) is 7.16. The van der Waals surface area contributed by atoms with Crippen molar-refractivity contribution < 1.29 is 9.59 Å². The standard InChI is InChI=1S/C22H25ClN6O2/c23-16-3-1-4-17(13-16)27-20(31)28-11-6-21(7-12-28)14-29(19-25-8-2-9-26-19)15-22(21)5-10-24-18(22)30/h1-4,8-9,13H,5-7,10-12,14-15H2,(H,24,30)(H,27,31). The summed E-state index contributed by atoms with van der Waals surface area (Å²) in [5, 5.41) is 6.57. The van der Waals surface area contributed by atoms with Gasteiger partial charge in [-0.05, 0) is 43.5 Å². The Balaban J connectivity index is 1.33. The number of hydrogen-bond donors (Lipinski definition) is 2. The van der Waals surface area contributed by atoms with Crippen molar-refractivity contribution in [3.05, 3.63) is 47.7 Å². The third-order valence-corrected chi connectivity index (χ3v) is 7.40. The van der Waals surface area contributed by atoms with E-state index >= 15 is 0 Å². The lowest BCUT2D eigenvalue weighted by Gasteiger charge is -2.46. The van der Waals surface area contributed by atoms with Gasteiger partial charge in [-0.1, -0.05) is 17.7 Å². The van der Waals surface area contributed by atoms with E-state index in [2.05, 4.69) is 25.5 Å². The monoisotopic (exact) mass is 440 g/mol. The average Bonchev–Trinajstić information content (AvgIpc) is 3.30. The van der Waals surface area contributed by atoms with Crippen molar-refractivity contribution in [3.8, 4) is 0 Å². The second-order valence-electron chi connectivity index (χ2n) is 8.70. The summed E-state index contributed by atoms with van der Waals surface area (Å²) >= 11 is 6.03. The summed E-state index contributed by atoms with van der Waals surface area (Å²) in [5.74, 6) is 0.794. The molecule has 3 amide bonds. The largest absolute Gasteiger partial charge is 0.356 e. The molecule has 0 bridgehead atoms. The Morgan fingerprint density at radius 3 is 2.55 bits per heavy atom. The van der Waals surface area contributed by atoms with Crippen LogP contribution in [0.15, 0.2) is 42.7 Å². The van der Waals surface area contributed by atoms with E-state index in [1.54, 1.807) is 30.6 Å². The Hall–Kier alpha value is -2.87. The van der Waals surface area contributed by atoms with E-state index in [1.165, 1.54) is 0 Å². The summed E-state index contributed by atoms with van der Waals surface area (Å²) in [5.41, 5.74) is 0.0270. The first kappa shape index (κ1) is 20.1. The molecule has 31 heavy (non-hydrogen) atoms. The van der Waals surface area contributed by atoms with Crippen LogP contribution in [-0.4, -0.2) is 59.5 Å². The third kappa shape index (κ3) is 3.39. The zero-order valence-corrected chi connectivity index (χ0v) is 17.9. The van der Waals surface area contributed by atoms with Gasteiger partial charge in [0.05, 0.1) is 5.41 Å². The fraction of sp³-hybridized carbons (Fsp3) is 0.455. The number of halogens is 1. The predicted octanol–water partition coefficient (Wildman–Crippen LogP) is 2.77. The molecule has 0 radical (unpaired) electrons. The van der Waals surface area contributed by atoms with E-state index in [4.69, 9.17) is 11.6 Å². The molecule has 2 spiro atoms. The number of anilines is 2. The van der Waals surface area contributed by atoms with Gasteiger partial charge in [-0.3, -0.25) is 4.79 Å². The van der Waals surface area contributed by atoms with Crippen molar-refractivity contribution in [2.75, 3.05) is 42.9 Å². The van der Waals surface area contributed by atoms with Gasteiger partial charge >= 0.3 is 6.03 Å². The number of hydrogen-bond acceptors (Lipinski definition) is 5. The minimum atomic E-state index is -0.457. The topological polar surface area (TPSA) is 90.5 Å². The highest BCUT2D eigenvalue weighted by atomic mass is 35.5. The maximum Gasteiger partial charge on any atom is 0.321 e. The number of benzene rings is 1. The van der Waals surface area contributed by atoms with Gasteiger partial charge in [0.1, 0.15) is 0 Å². The number of urea groups is 1. The number of aromatic nitrogens is 2. The van der Waals surface area contributed by atoms with Gasteiger partial charge in [-0.2, -0.15) is 0 Å². The second kappa shape index (κ2) is 7.67. The maximum atomic E-state index is 13.1. The highest BCUT2D eigenvalue weighted by molar-refractivity contribution is 6.30. The van der Waals surface area contributed by atoms with Gasteiger partial charge < -0.3 is 20.4 Å². The summed E-state index contributed by atoms with van der Waals surface area (Å²) in [4.78, 5) is 38.7. The quantitative estimate of drug-likeness (QED) is 0.749. The molecule has 9 heteroatoms. The van der Waals surface area contributed by atoms with Crippen molar-refractivity contribution in [1.29, 1.82) is 0 Å². The molecule has 3 aliphatic rings. The summed E-state index contributed by atoms with van der Waals surface area (Å²) in [7, 11) is 0. The van der Waals surface area contributed by atoms with Crippen molar-refractivity contribution in [2.24, 2.45) is 10.8 Å². The van der Waals surface area contributed by atoms with Crippen LogP contribution in [0.3, 0.4) is 0 Å². The van der Waals surface area contributed by atoms with Gasteiger partial charge in [-0.15, -0.1) is 0 Å². The van der Waals surface area contributed by atoms with E-state index < -0.39 is 5.41 Å². The molecule has 3 aliphatic heterocycles. The van der Waals surface area contributed by atoms with Crippen LogP contribution in [-0.2, 0) is 4.79 Å². The SMILES string of the molecule is O=C(Nc1cccc(Cl)c1)N1CCC2(CC1)CN(c1ncccn1)CC21CCNC1=O. The minimum Gasteiger partial charge on any atom is -0.356 e. The molecule has 162 valence electrons. The molecular formula is C22H25ClN6O2. The maximum absolute atomic E-state index is 13.1. The van der Waals surface area contributed by atoms with Gasteiger partial charge in [-0.25, -0.2) is 14.8 Å². The summed E-state index contributed by atoms with van der Waals surface area (Å²) in [6.07, 6.45) is 5.82. The summed E-state index contributed by atoms with van der Waals surface area (Å²) in [6.45, 7) is 3.25. The zero-order chi connectivity index (χ0) is 21.5.